The first-order valence-corrected chi connectivity index (χ1v) is 5.44. The topological polar surface area (TPSA) is 38.7 Å². The fourth-order valence-corrected chi connectivity index (χ4v) is 2.37. The van der Waals surface area contributed by atoms with Crippen molar-refractivity contribution in [2.75, 3.05) is 0 Å². The maximum atomic E-state index is 10.4. The number of hydrogen-bond donors (Lipinski definition) is 0. The maximum Gasteiger partial charge on any atom is 0.166 e. The Bertz CT molecular complexity index is 318. The fourth-order valence-electron chi connectivity index (χ4n) is 2.37. The first-order chi connectivity index (χ1) is 7.37. The molecule has 0 bridgehead atoms. The van der Waals surface area contributed by atoms with E-state index in [1.165, 1.54) is 6.42 Å². The van der Waals surface area contributed by atoms with E-state index >= 15 is 0 Å². The second-order valence-electron chi connectivity index (χ2n) is 4.09. The largest absolute Gasteiger partial charge is 0.353 e. The van der Waals surface area contributed by atoms with Crippen LogP contribution in [0.2, 0.25) is 0 Å². The summed E-state index contributed by atoms with van der Waals surface area (Å²) >= 11 is 0. The molecule has 1 saturated carbocycles. The van der Waals surface area contributed by atoms with Crippen LogP contribution >= 0.6 is 0 Å². The molecule has 15 heavy (non-hydrogen) atoms. The van der Waals surface area contributed by atoms with Gasteiger partial charge in [0.25, 0.3) is 0 Å². The minimum absolute atomic E-state index is 0.457. The molecule has 0 radical (unpaired) electrons. The van der Waals surface area contributed by atoms with E-state index in [0.29, 0.717) is 0 Å². The van der Waals surface area contributed by atoms with Crippen LogP contribution in [-0.2, 0) is 10.4 Å². The van der Waals surface area contributed by atoms with Crippen LogP contribution in [0.15, 0.2) is 35.7 Å². The molecule has 1 aromatic carbocycles. The van der Waals surface area contributed by atoms with Crippen molar-refractivity contribution in [2.24, 2.45) is 5.34 Å². The molecule has 3 nitrogen and oxygen atoms in total. The van der Waals surface area contributed by atoms with Crippen LogP contribution in [0.1, 0.15) is 37.7 Å². The Morgan fingerprint density at radius 1 is 1.07 bits per heavy atom. The predicted molar refractivity (Wildman–Crippen MR) is 58.1 cm³/mol. The lowest BCUT2D eigenvalue weighted by Gasteiger charge is -2.33. The van der Waals surface area contributed by atoms with Crippen molar-refractivity contribution in [2.45, 2.75) is 37.7 Å². The average Bonchev–Trinajstić information content (AvgIpc) is 2.32. The van der Waals surface area contributed by atoms with Gasteiger partial charge in [0.2, 0.25) is 0 Å². The van der Waals surface area contributed by atoms with Crippen molar-refractivity contribution in [1.29, 1.82) is 0 Å². The Hall–Kier alpha value is -1.38. The Morgan fingerprint density at radius 3 is 2.33 bits per heavy atom. The summed E-state index contributed by atoms with van der Waals surface area (Å²) in [5.74, 6) is 0. The summed E-state index contributed by atoms with van der Waals surface area (Å²) in [7, 11) is 0. The summed E-state index contributed by atoms with van der Waals surface area (Å²) in [4.78, 5) is 15.5. The molecular weight excluding hydrogens is 190 g/mol. The number of benzene rings is 1. The van der Waals surface area contributed by atoms with Gasteiger partial charge in [0, 0.05) is 0 Å². The average molecular weight is 205 g/mol. The molecule has 0 atom stereocenters. The molecule has 0 unspecified atom stereocenters. The minimum Gasteiger partial charge on any atom is -0.353 e. The van der Waals surface area contributed by atoms with E-state index in [4.69, 9.17) is 4.84 Å². The SMILES string of the molecule is O=NOC1(c2ccccc2)CCCCC1. The molecule has 0 saturated heterocycles. The Balaban J connectivity index is 2.29. The van der Waals surface area contributed by atoms with Gasteiger partial charge in [0.1, 0.15) is 0 Å². The standard InChI is InChI=1S/C12H15NO2/c14-13-15-12(9-5-2-6-10-12)11-7-3-1-4-8-11/h1,3-4,7-8H,2,5-6,9-10H2. The normalized spacial score (nSPS) is 19.5. The highest BCUT2D eigenvalue weighted by Gasteiger charge is 2.36. The summed E-state index contributed by atoms with van der Waals surface area (Å²) in [5.41, 5.74) is 0.616. The lowest BCUT2D eigenvalue weighted by Crippen LogP contribution is -2.30. The molecule has 80 valence electrons. The van der Waals surface area contributed by atoms with Gasteiger partial charge < -0.3 is 4.84 Å². The third-order valence-corrected chi connectivity index (χ3v) is 3.17. The van der Waals surface area contributed by atoms with Crippen molar-refractivity contribution in [3.8, 4) is 0 Å². The van der Waals surface area contributed by atoms with E-state index in [-0.39, 0.29) is 0 Å². The van der Waals surface area contributed by atoms with Crippen LogP contribution in [0.5, 0.6) is 0 Å². The quantitative estimate of drug-likeness (QED) is 0.559. The van der Waals surface area contributed by atoms with Crippen molar-refractivity contribution in [3.05, 3.63) is 40.8 Å². The molecule has 0 aromatic heterocycles. The maximum absolute atomic E-state index is 10.4. The van der Waals surface area contributed by atoms with Gasteiger partial charge in [-0.25, -0.2) is 0 Å². The van der Waals surface area contributed by atoms with Crippen LogP contribution in [0, 0.1) is 4.91 Å². The molecular formula is C12H15NO2. The summed E-state index contributed by atoms with van der Waals surface area (Å²) in [6, 6.07) is 9.93. The molecule has 0 N–H and O–H groups in total. The molecule has 0 spiro atoms. The smallest absolute Gasteiger partial charge is 0.166 e. The lowest BCUT2D eigenvalue weighted by atomic mass is 9.80. The van der Waals surface area contributed by atoms with E-state index < -0.39 is 5.60 Å². The number of hydrogen-bond acceptors (Lipinski definition) is 3. The summed E-state index contributed by atoms with van der Waals surface area (Å²) in [5, 5.41) is 2.66. The number of nitrogens with zero attached hydrogens (tertiary/aromatic N) is 1. The second-order valence-corrected chi connectivity index (χ2v) is 4.09. The van der Waals surface area contributed by atoms with Crippen molar-refractivity contribution < 1.29 is 4.84 Å². The number of rotatable bonds is 3. The first-order valence-electron chi connectivity index (χ1n) is 5.44. The van der Waals surface area contributed by atoms with Crippen molar-refractivity contribution in [1.82, 2.24) is 0 Å². The predicted octanol–water partition coefficient (Wildman–Crippen LogP) is 3.54. The molecule has 0 aliphatic heterocycles. The van der Waals surface area contributed by atoms with Gasteiger partial charge in [-0.15, -0.1) is 4.91 Å². The molecule has 1 fully saturated rings. The van der Waals surface area contributed by atoms with Crippen LogP contribution < -0.4 is 0 Å². The van der Waals surface area contributed by atoms with E-state index in [1.54, 1.807) is 0 Å². The van der Waals surface area contributed by atoms with Crippen LogP contribution in [-0.4, -0.2) is 0 Å². The van der Waals surface area contributed by atoms with Crippen LogP contribution in [0.4, 0.5) is 0 Å². The third kappa shape index (κ3) is 2.01. The Kier molecular flexibility index (Phi) is 2.99. The molecule has 2 rings (SSSR count). The molecule has 1 aromatic rings. The van der Waals surface area contributed by atoms with E-state index in [0.717, 1.165) is 31.2 Å². The fraction of sp³-hybridized carbons (Fsp3) is 0.500. The highest BCUT2D eigenvalue weighted by Crippen LogP contribution is 2.40. The van der Waals surface area contributed by atoms with E-state index in [9.17, 15) is 4.91 Å². The molecule has 0 heterocycles. The van der Waals surface area contributed by atoms with Crippen molar-refractivity contribution in [3.63, 3.8) is 0 Å². The highest BCUT2D eigenvalue weighted by molar-refractivity contribution is 5.23. The summed E-state index contributed by atoms with van der Waals surface area (Å²) in [6.07, 6.45) is 5.21. The van der Waals surface area contributed by atoms with Gasteiger partial charge in [-0.3, -0.25) is 0 Å². The molecule has 0 amide bonds. The molecule has 3 heteroatoms. The molecule has 1 aliphatic carbocycles. The second kappa shape index (κ2) is 4.43. The summed E-state index contributed by atoms with van der Waals surface area (Å²) < 4.78 is 0. The Labute approximate surface area is 89.4 Å². The van der Waals surface area contributed by atoms with Gasteiger partial charge in [-0.2, -0.15) is 0 Å². The lowest BCUT2D eigenvalue weighted by molar-refractivity contribution is -0.0769. The van der Waals surface area contributed by atoms with Crippen LogP contribution in [0.3, 0.4) is 0 Å². The zero-order chi connectivity index (χ0) is 10.6. The molecule has 1 aliphatic rings. The van der Waals surface area contributed by atoms with E-state index in [2.05, 4.69) is 5.34 Å². The minimum atomic E-state index is -0.457. The van der Waals surface area contributed by atoms with Gasteiger partial charge in [-0.1, -0.05) is 36.8 Å². The zero-order valence-electron chi connectivity index (χ0n) is 8.69. The third-order valence-electron chi connectivity index (χ3n) is 3.17. The van der Waals surface area contributed by atoms with Crippen molar-refractivity contribution >= 4 is 0 Å². The zero-order valence-corrected chi connectivity index (χ0v) is 8.69. The van der Waals surface area contributed by atoms with Gasteiger partial charge in [0.05, 0.1) is 0 Å². The monoisotopic (exact) mass is 205 g/mol. The van der Waals surface area contributed by atoms with Gasteiger partial charge >= 0.3 is 0 Å². The van der Waals surface area contributed by atoms with E-state index in [1.807, 2.05) is 30.3 Å². The summed E-state index contributed by atoms with van der Waals surface area (Å²) in [6.45, 7) is 0. The first kappa shape index (κ1) is 10.1. The van der Waals surface area contributed by atoms with Gasteiger partial charge in [-0.05, 0) is 31.2 Å². The van der Waals surface area contributed by atoms with Gasteiger partial charge in [0.15, 0.2) is 10.9 Å². The highest BCUT2D eigenvalue weighted by atomic mass is 16.7. The Morgan fingerprint density at radius 2 is 1.73 bits per heavy atom. The van der Waals surface area contributed by atoms with Crippen LogP contribution in [0.25, 0.3) is 0 Å².